The van der Waals surface area contributed by atoms with Crippen LogP contribution < -0.4 is 0 Å². The molecule has 20 heavy (non-hydrogen) atoms. The van der Waals surface area contributed by atoms with Crippen molar-refractivity contribution >= 4 is 45.8 Å². The summed E-state index contributed by atoms with van der Waals surface area (Å²) in [5, 5.41) is 2.11. The fraction of sp³-hybridized carbons (Fsp3) is 0.533. The van der Waals surface area contributed by atoms with Gasteiger partial charge in [-0.25, -0.2) is 4.99 Å². The van der Waals surface area contributed by atoms with Gasteiger partial charge in [-0.05, 0) is 31.9 Å². The van der Waals surface area contributed by atoms with Gasteiger partial charge < -0.3 is 4.90 Å². The fourth-order valence-electron chi connectivity index (χ4n) is 2.23. The number of benzene rings is 1. The Morgan fingerprint density at radius 1 is 1.35 bits per heavy atom. The third kappa shape index (κ3) is 3.84. The molecule has 0 radical (unpaired) electrons. The largest absolute Gasteiger partial charge is 0.350 e. The zero-order valence-corrected chi connectivity index (χ0v) is 14.6. The topological polar surface area (TPSA) is 15.6 Å². The van der Waals surface area contributed by atoms with Gasteiger partial charge in [-0.3, -0.25) is 0 Å². The van der Waals surface area contributed by atoms with Gasteiger partial charge in [0.05, 0.1) is 15.7 Å². The van der Waals surface area contributed by atoms with Crippen LogP contribution in [0, 0.1) is 5.92 Å². The Hall–Kier alpha value is -0.380. The fourth-order valence-corrected chi connectivity index (χ4v) is 3.69. The molecule has 0 saturated carbocycles. The molecule has 2 nitrogen and oxygen atoms in total. The third-order valence-electron chi connectivity index (χ3n) is 2.94. The lowest BCUT2D eigenvalue weighted by Gasteiger charge is -2.21. The maximum atomic E-state index is 6.23. The van der Waals surface area contributed by atoms with Gasteiger partial charge in [0, 0.05) is 17.8 Å². The highest BCUT2D eigenvalue weighted by Crippen LogP contribution is 2.39. The van der Waals surface area contributed by atoms with Crippen molar-refractivity contribution in [3.05, 3.63) is 28.2 Å². The van der Waals surface area contributed by atoms with Gasteiger partial charge in [0.2, 0.25) is 0 Å². The van der Waals surface area contributed by atoms with Crippen molar-refractivity contribution in [2.45, 2.75) is 32.4 Å². The van der Waals surface area contributed by atoms with Crippen LogP contribution >= 0.6 is 35.0 Å². The highest BCUT2D eigenvalue weighted by molar-refractivity contribution is 8.15. The monoisotopic (exact) mass is 330 g/mol. The quantitative estimate of drug-likeness (QED) is 0.730. The predicted octanol–water partition coefficient (Wildman–Crippen LogP) is 5.46. The molecule has 0 unspecified atom stereocenters. The highest BCUT2D eigenvalue weighted by atomic mass is 35.5. The molecule has 0 N–H and O–H groups in total. The average molecular weight is 331 g/mol. The number of aliphatic imine (C=N–C) groups is 1. The van der Waals surface area contributed by atoms with Crippen molar-refractivity contribution in [1.82, 2.24) is 4.90 Å². The van der Waals surface area contributed by atoms with E-state index < -0.39 is 0 Å². The minimum Gasteiger partial charge on any atom is -0.350 e. The van der Waals surface area contributed by atoms with E-state index in [9.17, 15) is 0 Å². The predicted molar refractivity (Wildman–Crippen MR) is 91.6 cm³/mol. The summed E-state index contributed by atoms with van der Waals surface area (Å²) in [6, 6.07) is 5.57. The molecule has 0 aromatic heterocycles. The van der Waals surface area contributed by atoms with Crippen molar-refractivity contribution in [1.29, 1.82) is 0 Å². The van der Waals surface area contributed by atoms with E-state index in [2.05, 4.69) is 32.6 Å². The van der Waals surface area contributed by atoms with Gasteiger partial charge in [-0.2, -0.15) is 0 Å². The average Bonchev–Trinajstić information content (AvgIpc) is 2.59. The van der Waals surface area contributed by atoms with E-state index in [1.54, 1.807) is 17.8 Å². The molecule has 1 saturated heterocycles. The second kappa shape index (κ2) is 6.17. The second-order valence-electron chi connectivity index (χ2n) is 6.10. The molecule has 0 bridgehead atoms. The van der Waals surface area contributed by atoms with Crippen molar-refractivity contribution in [3.8, 4) is 0 Å². The summed E-state index contributed by atoms with van der Waals surface area (Å²) in [6.07, 6.45) is 0. The molecule has 1 aromatic rings. The summed E-state index contributed by atoms with van der Waals surface area (Å²) in [5.74, 6) is 0.601. The molecule has 1 heterocycles. The number of thioether (sulfide) groups is 1. The molecule has 5 heteroatoms. The van der Waals surface area contributed by atoms with Gasteiger partial charge in [0.1, 0.15) is 0 Å². The Labute approximate surface area is 135 Å². The summed E-state index contributed by atoms with van der Waals surface area (Å²) >= 11 is 14.1. The lowest BCUT2D eigenvalue weighted by molar-refractivity contribution is 0.359. The van der Waals surface area contributed by atoms with Crippen LogP contribution in [0.15, 0.2) is 23.2 Å². The summed E-state index contributed by atoms with van der Waals surface area (Å²) in [5.41, 5.74) is 0.744. The zero-order chi connectivity index (χ0) is 14.9. The number of hydrogen-bond acceptors (Lipinski definition) is 2. The Bertz CT molecular complexity index is 527. The van der Waals surface area contributed by atoms with Crippen LogP contribution in [0.25, 0.3) is 0 Å². The van der Waals surface area contributed by atoms with Crippen molar-refractivity contribution < 1.29 is 0 Å². The molecule has 1 aliphatic rings. The lowest BCUT2D eigenvalue weighted by Crippen LogP contribution is -2.31. The van der Waals surface area contributed by atoms with Crippen LogP contribution in [0.1, 0.15) is 27.7 Å². The first-order valence-corrected chi connectivity index (χ1v) is 8.32. The minimum atomic E-state index is 0.179. The maximum absolute atomic E-state index is 6.23. The molecule has 0 amide bonds. The smallest absolute Gasteiger partial charge is 0.165 e. The number of amidine groups is 1. The van der Waals surface area contributed by atoms with E-state index in [4.69, 9.17) is 28.2 Å². The summed E-state index contributed by atoms with van der Waals surface area (Å²) in [6.45, 7) is 10.9. The first-order valence-electron chi connectivity index (χ1n) is 6.75. The van der Waals surface area contributed by atoms with Crippen molar-refractivity contribution in [2.75, 3.05) is 13.1 Å². The summed E-state index contributed by atoms with van der Waals surface area (Å²) in [4.78, 5) is 7.08. The van der Waals surface area contributed by atoms with E-state index in [0.717, 1.165) is 23.9 Å². The van der Waals surface area contributed by atoms with Gasteiger partial charge >= 0.3 is 0 Å². The molecule has 0 spiro atoms. The Balaban J connectivity index is 2.32. The van der Waals surface area contributed by atoms with Gasteiger partial charge in [0.15, 0.2) is 5.17 Å². The molecular formula is C15H20Cl2N2S. The molecule has 1 aliphatic heterocycles. The van der Waals surface area contributed by atoms with Crippen LogP contribution in [-0.4, -0.2) is 27.9 Å². The van der Waals surface area contributed by atoms with Crippen LogP contribution in [0.5, 0.6) is 0 Å². The number of halogens is 2. The van der Waals surface area contributed by atoms with E-state index >= 15 is 0 Å². The van der Waals surface area contributed by atoms with Crippen LogP contribution in [-0.2, 0) is 0 Å². The van der Waals surface area contributed by atoms with Crippen molar-refractivity contribution in [3.63, 3.8) is 0 Å². The molecule has 0 atom stereocenters. The highest BCUT2D eigenvalue weighted by Gasteiger charge is 2.35. The van der Waals surface area contributed by atoms with Crippen molar-refractivity contribution in [2.24, 2.45) is 10.9 Å². The Morgan fingerprint density at radius 2 is 2.05 bits per heavy atom. The number of nitrogens with zero attached hydrogens (tertiary/aromatic N) is 2. The SMILES string of the molecule is CC(C)CN1CC(C)(C)SC1=Nc1cccc(Cl)c1Cl. The zero-order valence-electron chi connectivity index (χ0n) is 12.3. The van der Waals surface area contributed by atoms with E-state index in [1.165, 1.54) is 0 Å². The van der Waals surface area contributed by atoms with Crippen LogP contribution in [0.3, 0.4) is 0 Å². The second-order valence-corrected chi connectivity index (χ2v) is 8.56. The molecular weight excluding hydrogens is 311 g/mol. The standard InChI is InChI=1S/C15H20Cl2N2S/c1-10(2)8-19-9-15(3,4)20-14(19)18-12-7-5-6-11(16)13(12)17/h5-7,10H,8-9H2,1-4H3. The third-order valence-corrected chi connectivity index (χ3v) is 4.97. The van der Waals surface area contributed by atoms with E-state index in [-0.39, 0.29) is 4.75 Å². The van der Waals surface area contributed by atoms with Gasteiger partial charge in [-0.1, -0.05) is 54.9 Å². The molecule has 2 rings (SSSR count). The van der Waals surface area contributed by atoms with E-state index in [0.29, 0.717) is 16.0 Å². The first-order chi connectivity index (χ1) is 9.28. The molecule has 1 fully saturated rings. The minimum absolute atomic E-state index is 0.179. The molecule has 110 valence electrons. The molecule has 1 aromatic carbocycles. The first kappa shape index (κ1) is 16.0. The molecule has 0 aliphatic carbocycles. The maximum Gasteiger partial charge on any atom is 0.165 e. The number of hydrogen-bond donors (Lipinski definition) is 0. The summed E-state index contributed by atoms with van der Waals surface area (Å²) in [7, 11) is 0. The van der Waals surface area contributed by atoms with Crippen LogP contribution in [0.4, 0.5) is 5.69 Å². The van der Waals surface area contributed by atoms with E-state index in [1.807, 2.05) is 12.1 Å². The number of rotatable bonds is 3. The van der Waals surface area contributed by atoms with Gasteiger partial charge in [-0.15, -0.1) is 0 Å². The normalized spacial score (nSPS) is 20.1. The van der Waals surface area contributed by atoms with Gasteiger partial charge in [0.25, 0.3) is 0 Å². The lowest BCUT2D eigenvalue weighted by atomic mass is 10.1. The van der Waals surface area contributed by atoms with Crippen LogP contribution in [0.2, 0.25) is 10.0 Å². The Morgan fingerprint density at radius 3 is 2.70 bits per heavy atom. The summed E-state index contributed by atoms with van der Waals surface area (Å²) < 4.78 is 0.179. The Kier molecular flexibility index (Phi) is 4.93.